The van der Waals surface area contributed by atoms with Crippen LogP contribution in [0.15, 0.2) is 53.6 Å². The van der Waals surface area contributed by atoms with Gasteiger partial charge in [0.2, 0.25) is 5.91 Å². The predicted octanol–water partition coefficient (Wildman–Crippen LogP) is 5.65. The summed E-state index contributed by atoms with van der Waals surface area (Å²) in [5.74, 6) is -0.252. The van der Waals surface area contributed by atoms with E-state index in [1.54, 1.807) is 36.4 Å². The van der Waals surface area contributed by atoms with Crippen LogP contribution in [0.2, 0.25) is 5.02 Å². The molecule has 0 heterocycles. The lowest BCUT2D eigenvalue weighted by molar-refractivity contribution is -0.120. The fourth-order valence-corrected chi connectivity index (χ4v) is 3.13. The van der Waals surface area contributed by atoms with Crippen molar-refractivity contribution in [2.75, 3.05) is 5.32 Å². The summed E-state index contributed by atoms with van der Waals surface area (Å²) in [6.07, 6.45) is 3.72. The molecule has 5 nitrogen and oxygen atoms in total. The zero-order valence-electron chi connectivity index (χ0n) is 17.2. The van der Waals surface area contributed by atoms with Gasteiger partial charge in [-0.1, -0.05) is 50.4 Å². The Morgan fingerprint density at radius 1 is 0.931 bits per heavy atom. The van der Waals surface area contributed by atoms with Gasteiger partial charge in [-0.15, -0.1) is 0 Å². The minimum absolute atomic E-state index is 0.0261. The lowest BCUT2D eigenvalue weighted by Gasteiger charge is -2.15. The fourth-order valence-electron chi connectivity index (χ4n) is 3.01. The van der Waals surface area contributed by atoms with Gasteiger partial charge in [-0.2, -0.15) is 5.10 Å². The maximum atomic E-state index is 12.4. The van der Waals surface area contributed by atoms with E-state index in [0.717, 1.165) is 31.2 Å². The number of amides is 2. The number of rotatable bonds is 9. The third kappa shape index (κ3) is 7.02. The van der Waals surface area contributed by atoms with Crippen LogP contribution in [0.1, 0.15) is 62.4 Å². The number of nitrogens with one attached hydrogen (secondary N) is 2. The molecule has 2 rings (SSSR count). The van der Waals surface area contributed by atoms with Gasteiger partial charge in [0, 0.05) is 22.2 Å². The second-order valence-electron chi connectivity index (χ2n) is 6.99. The van der Waals surface area contributed by atoms with Gasteiger partial charge in [0.15, 0.2) is 0 Å². The Morgan fingerprint density at radius 3 is 2.03 bits per heavy atom. The lowest BCUT2D eigenvalue weighted by atomic mass is 9.97. The number of nitrogens with zero attached hydrogens (tertiary/aromatic N) is 1. The molecule has 0 radical (unpaired) electrons. The highest BCUT2D eigenvalue weighted by atomic mass is 35.5. The molecule has 0 aliphatic rings. The molecule has 2 aromatic carbocycles. The molecular weight excluding hydrogens is 386 g/mol. The quantitative estimate of drug-likeness (QED) is 0.412. The number of hydrogen-bond acceptors (Lipinski definition) is 3. The van der Waals surface area contributed by atoms with Crippen LogP contribution in [0.25, 0.3) is 0 Å². The maximum Gasteiger partial charge on any atom is 0.271 e. The Labute approximate surface area is 177 Å². The topological polar surface area (TPSA) is 70.6 Å². The van der Waals surface area contributed by atoms with E-state index < -0.39 is 0 Å². The summed E-state index contributed by atoms with van der Waals surface area (Å²) < 4.78 is 0. The van der Waals surface area contributed by atoms with Crippen LogP contribution >= 0.6 is 11.6 Å². The molecule has 0 saturated heterocycles. The third-order valence-electron chi connectivity index (χ3n) is 4.65. The number of carbonyl (C=O) groups is 2. The molecule has 0 fully saturated rings. The smallest absolute Gasteiger partial charge is 0.271 e. The number of carbonyl (C=O) groups excluding carboxylic acids is 2. The van der Waals surface area contributed by atoms with Crippen molar-refractivity contribution in [1.82, 2.24) is 5.43 Å². The first-order chi connectivity index (χ1) is 13.9. The van der Waals surface area contributed by atoms with Crippen LogP contribution in [-0.2, 0) is 4.79 Å². The molecule has 0 bridgehead atoms. The molecule has 29 heavy (non-hydrogen) atoms. The van der Waals surface area contributed by atoms with E-state index in [-0.39, 0.29) is 17.7 Å². The first-order valence-electron chi connectivity index (χ1n) is 9.96. The number of halogens is 1. The average Bonchev–Trinajstić information content (AvgIpc) is 2.72. The Kier molecular flexibility index (Phi) is 8.87. The SMILES string of the molecule is CCCC(CCC)C(=O)Nc1ccc(C(=O)N/N=C(\C)c2ccc(Cl)cc2)cc1. The van der Waals surface area contributed by atoms with Gasteiger partial charge in [0.1, 0.15) is 0 Å². The molecule has 0 saturated carbocycles. The summed E-state index contributed by atoms with van der Waals surface area (Å²) in [4.78, 5) is 24.7. The fraction of sp³-hybridized carbons (Fsp3) is 0.348. The third-order valence-corrected chi connectivity index (χ3v) is 4.90. The summed E-state index contributed by atoms with van der Waals surface area (Å²) in [5, 5.41) is 7.73. The summed E-state index contributed by atoms with van der Waals surface area (Å²) in [6, 6.07) is 14.0. The molecule has 2 amide bonds. The second kappa shape index (κ2) is 11.4. The van der Waals surface area contributed by atoms with Gasteiger partial charge < -0.3 is 5.32 Å². The molecule has 6 heteroatoms. The normalized spacial score (nSPS) is 11.4. The van der Waals surface area contributed by atoms with Gasteiger partial charge in [-0.05, 0) is 61.7 Å². The van der Waals surface area contributed by atoms with Crippen LogP contribution in [-0.4, -0.2) is 17.5 Å². The molecule has 0 atom stereocenters. The van der Waals surface area contributed by atoms with Gasteiger partial charge in [-0.3, -0.25) is 9.59 Å². The van der Waals surface area contributed by atoms with Crippen LogP contribution in [0.4, 0.5) is 5.69 Å². The molecule has 0 aromatic heterocycles. The van der Waals surface area contributed by atoms with Crippen molar-refractivity contribution in [2.45, 2.75) is 46.5 Å². The molecule has 0 spiro atoms. The molecule has 2 N–H and O–H groups in total. The first kappa shape index (κ1) is 22.6. The zero-order chi connectivity index (χ0) is 21.2. The van der Waals surface area contributed by atoms with Gasteiger partial charge >= 0.3 is 0 Å². The number of hydrogen-bond donors (Lipinski definition) is 2. The maximum absolute atomic E-state index is 12.4. The highest BCUT2D eigenvalue weighted by Crippen LogP contribution is 2.17. The first-order valence-corrected chi connectivity index (χ1v) is 10.3. The minimum Gasteiger partial charge on any atom is -0.326 e. The van der Waals surface area contributed by atoms with E-state index in [1.165, 1.54) is 0 Å². The number of anilines is 1. The van der Waals surface area contributed by atoms with E-state index in [9.17, 15) is 9.59 Å². The van der Waals surface area contributed by atoms with Crippen LogP contribution in [0.5, 0.6) is 0 Å². The second-order valence-corrected chi connectivity index (χ2v) is 7.42. The van der Waals surface area contributed by atoms with Crippen molar-refractivity contribution in [3.05, 3.63) is 64.7 Å². The van der Waals surface area contributed by atoms with Crippen LogP contribution < -0.4 is 10.7 Å². The Hall–Kier alpha value is -2.66. The van der Waals surface area contributed by atoms with E-state index >= 15 is 0 Å². The monoisotopic (exact) mass is 413 g/mol. The largest absolute Gasteiger partial charge is 0.326 e. The predicted molar refractivity (Wildman–Crippen MR) is 120 cm³/mol. The van der Waals surface area contributed by atoms with Crippen LogP contribution in [0.3, 0.4) is 0 Å². The van der Waals surface area contributed by atoms with Crippen molar-refractivity contribution in [1.29, 1.82) is 0 Å². The summed E-state index contributed by atoms with van der Waals surface area (Å²) in [7, 11) is 0. The zero-order valence-corrected chi connectivity index (χ0v) is 17.9. The van der Waals surface area contributed by atoms with Crippen molar-refractivity contribution in [2.24, 2.45) is 11.0 Å². The molecular formula is C23H28ClN3O2. The standard InChI is InChI=1S/C23H28ClN3O2/c1-4-6-18(7-5-2)22(28)25-21-14-10-19(11-15-21)23(29)27-26-16(3)17-8-12-20(24)13-9-17/h8-15,18H,4-7H2,1-3H3,(H,25,28)(H,27,29)/b26-16+. The number of benzene rings is 2. The Morgan fingerprint density at radius 2 is 1.48 bits per heavy atom. The lowest BCUT2D eigenvalue weighted by Crippen LogP contribution is -2.23. The van der Waals surface area contributed by atoms with E-state index in [1.807, 2.05) is 19.1 Å². The molecule has 2 aromatic rings. The highest BCUT2D eigenvalue weighted by Gasteiger charge is 2.16. The summed E-state index contributed by atoms with van der Waals surface area (Å²) in [6.45, 7) is 5.98. The van der Waals surface area contributed by atoms with Crippen molar-refractivity contribution in [3.63, 3.8) is 0 Å². The van der Waals surface area contributed by atoms with Crippen LogP contribution in [0, 0.1) is 5.92 Å². The molecule has 0 unspecified atom stereocenters. The molecule has 0 aliphatic heterocycles. The minimum atomic E-state index is -0.314. The van der Waals surface area contributed by atoms with E-state index in [2.05, 4.69) is 29.7 Å². The summed E-state index contributed by atoms with van der Waals surface area (Å²) in [5.41, 5.74) is 5.26. The highest BCUT2D eigenvalue weighted by molar-refractivity contribution is 6.30. The van der Waals surface area contributed by atoms with Crippen molar-refractivity contribution >= 4 is 34.8 Å². The summed E-state index contributed by atoms with van der Waals surface area (Å²) >= 11 is 5.88. The molecule has 154 valence electrons. The van der Waals surface area contributed by atoms with Gasteiger partial charge in [-0.25, -0.2) is 5.43 Å². The number of hydrazone groups is 1. The van der Waals surface area contributed by atoms with E-state index in [0.29, 0.717) is 22.0 Å². The average molecular weight is 414 g/mol. The Balaban J connectivity index is 1.96. The molecule has 0 aliphatic carbocycles. The van der Waals surface area contributed by atoms with Crippen molar-refractivity contribution in [3.8, 4) is 0 Å². The van der Waals surface area contributed by atoms with Gasteiger partial charge in [0.05, 0.1) is 5.71 Å². The van der Waals surface area contributed by atoms with E-state index in [4.69, 9.17) is 11.6 Å². The van der Waals surface area contributed by atoms with Crippen molar-refractivity contribution < 1.29 is 9.59 Å². The Bertz CT molecular complexity index is 839. The van der Waals surface area contributed by atoms with Gasteiger partial charge in [0.25, 0.3) is 5.91 Å².